The van der Waals surface area contributed by atoms with Crippen LogP contribution in [0.5, 0.6) is 0 Å². The minimum absolute atomic E-state index is 0.00479. The van der Waals surface area contributed by atoms with Crippen LogP contribution in [0.1, 0.15) is 24.0 Å². The molecule has 1 aliphatic heterocycles. The van der Waals surface area contributed by atoms with Gasteiger partial charge in [0.05, 0.1) is 6.04 Å². The fourth-order valence-corrected chi connectivity index (χ4v) is 2.62. The highest BCUT2D eigenvalue weighted by Gasteiger charge is 2.29. The second-order valence-corrected chi connectivity index (χ2v) is 5.76. The van der Waals surface area contributed by atoms with Gasteiger partial charge in [0, 0.05) is 25.6 Å². The number of carbonyl (C=O) groups is 2. The number of benzene rings is 1. The molecule has 2 aliphatic rings. The lowest BCUT2D eigenvalue weighted by Crippen LogP contribution is -2.49. The van der Waals surface area contributed by atoms with Crippen molar-refractivity contribution >= 4 is 11.8 Å². The molecule has 2 amide bonds. The van der Waals surface area contributed by atoms with Gasteiger partial charge in [0.15, 0.2) is 0 Å². The maximum absolute atomic E-state index is 12.1. The van der Waals surface area contributed by atoms with E-state index in [0.29, 0.717) is 13.1 Å². The number of hydrogen-bond acceptors (Lipinski definition) is 3. The van der Waals surface area contributed by atoms with Gasteiger partial charge in [-0.2, -0.15) is 0 Å². The molecule has 112 valence electrons. The van der Waals surface area contributed by atoms with Crippen LogP contribution in [-0.2, 0) is 22.6 Å². The van der Waals surface area contributed by atoms with E-state index in [1.165, 1.54) is 11.1 Å². The van der Waals surface area contributed by atoms with E-state index in [4.69, 9.17) is 0 Å². The van der Waals surface area contributed by atoms with Crippen LogP contribution in [0, 0.1) is 5.92 Å². The number of carbonyl (C=O) groups excluding carboxylic acids is 2. The number of amides is 2. The molecule has 0 bridgehead atoms. The summed E-state index contributed by atoms with van der Waals surface area (Å²) in [4.78, 5) is 23.6. The van der Waals surface area contributed by atoms with E-state index >= 15 is 0 Å². The Morgan fingerprint density at radius 3 is 2.43 bits per heavy atom. The van der Waals surface area contributed by atoms with Crippen molar-refractivity contribution in [2.24, 2.45) is 5.92 Å². The Labute approximate surface area is 124 Å². The molecule has 1 aromatic rings. The van der Waals surface area contributed by atoms with E-state index in [1.54, 1.807) is 0 Å². The zero-order chi connectivity index (χ0) is 14.7. The smallest absolute Gasteiger partial charge is 0.237 e. The van der Waals surface area contributed by atoms with Crippen molar-refractivity contribution in [2.75, 3.05) is 13.1 Å². The molecule has 21 heavy (non-hydrogen) atoms. The summed E-state index contributed by atoms with van der Waals surface area (Å²) in [5.41, 5.74) is 2.50. The van der Waals surface area contributed by atoms with Crippen molar-refractivity contribution in [3.63, 3.8) is 0 Å². The number of rotatable bonds is 5. The Morgan fingerprint density at radius 1 is 1.05 bits per heavy atom. The quantitative estimate of drug-likeness (QED) is 0.684. The van der Waals surface area contributed by atoms with Crippen molar-refractivity contribution in [3.8, 4) is 0 Å². The molecule has 0 radical (unpaired) electrons. The summed E-state index contributed by atoms with van der Waals surface area (Å²) in [5, 5.41) is 8.98. The predicted molar refractivity (Wildman–Crippen MR) is 79.5 cm³/mol. The van der Waals surface area contributed by atoms with Gasteiger partial charge in [-0.25, -0.2) is 0 Å². The molecule has 5 heteroatoms. The molecule has 3 N–H and O–H groups in total. The summed E-state index contributed by atoms with van der Waals surface area (Å²) in [5.74, 6) is 0.344. The largest absolute Gasteiger partial charge is 0.354 e. The van der Waals surface area contributed by atoms with Gasteiger partial charge in [0.1, 0.15) is 0 Å². The number of fused-ring (bicyclic) bond motifs is 1. The average molecular weight is 287 g/mol. The molecule has 0 aromatic heterocycles. The van der Waals surface area contributed by atoms with E-state index in [1.807, 2.05) is 12.1 Å². The van der Waals surface area contributed by atoms with E-state index < -0.39 is 0 Å². The van der Waals surface area contributed by atoms with E-state index in [9.17, 15) is 9.59 Å². The van der Waals surface area contributed by atoms with Crippen molar-refractivity contribution in [2.45, 2.75) is 31.8 Å². The highest BCUT2D eigenvalue weighted by Crippen LogP contribution is 2.28. The topological polar surface area (TPSA) is 70.2 Å². The first-order chi connectivity index (χ1) is 10.2. The lowest BCUT2D eigenvalue weighted by molar-refractivity contribution is -0.124. The third-order valence-electron chi connectivity index (χ3n) is 4.07. The van der Waals surface area contributed by atoms with Crippen molar-refractivity contribution in [1.29, 1.82) is 0 Å². The third-order valence-corrected chi connectivity index (χ3v) is 4.07. The first kappa shape index (κ1) is 14.1. The van der Waals surface area contributed by atoms with Crippen molar-refractivity contribution < 1.29 is 9.59 Å². The number of nitrogens with one attached hydrogen (secondary N) is 3. The first-order valence-electron chi connectivity index (χ1n) is 7.59. The molecular formula is C16H21N3O2. The molecule has 1 heterocycles. The van der Waals surface area contributed by atoms with Gasteiger partial charge in [-0.05, 0) is 30.4 Å². The van der Waals surface area contributed by atoms with E-state index in [0.717, 1.165) is 25.8 Å². The molecule has 1 aromatic carbocycles. The van der Waals surface area contributed by atoms with Crippen molar-refractivity contribution in [3.05, 3.63) is 35.4 Å². The lowest BCUT2D eigenvalue weighted by Gasteiger charge is -2.25. The van der Waals surface area contributed by atoms with Crippen LogP contribution in [0.15, 0.2) is 24.3 Å². The first-order valence-corrected chi connectivity index (χ1v) is 7.59. The molecule has 1 saturated carbocycles. The SMILES string of the molecule is O=C(NCCNC(=O)[C@@H]1Cc2ccccc2CN1)C1CC1. The Kier molecular flexibility index (Phi) is 4.20. The van der Waals surface area contributed by atoms with Gasteiger partial charge in [-0.1, -0.05) is 24.3 Å². The molecule has 5 nitrogen and oxygen atoms in total. The second-order valence-electron chi connectivity index (χ2n) is 5.76. The summed E-state index contributed by atoms with van der Waals surface area (Å²) < 4.78 is 0. The molecule has 1 fully saturated rings. The van der Waals surface area contributed by atoms with Gasteiger partial charge in [0.2, 0.25) is 11.8 Å². The number of hydrogen-bond donors (Lipinski definition) is 3. The molecule has 1 atom stereocenters. The zero-order valence-corrected chi connectivity index (χ0v) is 12.0. The van der Waals surface area contributed by atoms with Gasteiger partial charge in [-0.15, -0.1) is 0 Å². The highest BCUT2D eigenvalue weighted by molar-refractivity contribution is 5.83. The fourth-order valence-electron chi connectivity index (χ4n) is 2.62. The van der Waals surface area contributed by atoms with E-state index in [-0.39, 0.29) is 23.8 Å². The Morgan fingerprint density at radius 2 is 1.71 bits per heavy atom. The lowest BCUT2D eigenvalue weighted by atomic mass is 9.95. The van der Waals surface area contributed by atoms with Crippen LogP contribution in [0.2, 0.25) is 0 Å². The van der Waals surface area contributed by atoms with Crippen LogP contribution < -0.4 is 16.0 Å². The van der Waals surface area contributed by atoms with Crippen LogP contribution in [0.25, 0.3) is 0 Å². The average Bonchev–Trinajstić information content (AvgIpc) is 3.35. The van der Waals surface area contributed by atoms with Crippen LogP contribution >= 0.6 is 0 Å². The van der Waals surface area contributed by atoms with Crippen LogP contribution in [0.3, 0.4) is 0 Å². The molecular weight excluding hydrogens is 266 g/mol. The monoisotopic (exact) mass is 287 g/mol. The Bertz CT molecular complexity index is 540. The molecule has 0 saturated heterocycles. The van der Waals surface area contributed by atoms with Gasteiger partial charge < -0.3 is 16.0 Å². The highest BCUT2D eigenvalue weighted by atomic mass is 16.2. The zero-order valence-electron chi connectivity index (χ0n) is 12.0. The summed E-state index contributed by atoms with van der Waals surface area (Å²) in [6.45, 7) is 1.72. The third kappa shape index (κ3) is 3.61. The maximum Gasteiger partial charge on any atom is 0.237 e. The minimum atomic E-state index is -0.181. The van der Waals surface area contributed by atoms with Crippen molar-refractivity contribution in [1.82, 2.24) is 16.0 Å². The summed E-state index contributed by atoms with van der Waals surface area (Å²) in [6, 6.07) is 8.01. The molecule has 0 spiro atoms. The molecule has 3 rings (SSSR count). The van der Waals surface area contributed by atoms with E-state index in [2.05, 4.69) is 28.1 Å². The molecule has 1 aliphatic carbocycles. The standard InChI is InChI=1S/C16H21N3O2/c20-15(11-5-6-11)17-7-8-18-16(21)14-9-12-3-1-2-4-13(12)10-19-14/h1-4,11,14,19H,5-10H2,(H,17,20)(H,18,21)/t14-/m0/s1. The van der Waals surface area contributed by atoms with Gasteiger partial charge in [0.25, 0.3) is 0 Å². The van der Waals surface area contributed by atoms with Gasteiger partial charge in [-0.3, -0.25) is 9.59 Å². The van der Waals surface area contributed by atoms with Gasteiger partial charge >= 0.3 is 0 Å². The summed E-state index contributed by atoms with van der Waals surface area (Å²) in [7, 11) is 0. The summed E-state index contributed by atoms with van der Waals surface area (Å²) in [6.07, 6.45) is 2.73. The summed E-state index contributed by atoms with van der Waals surface area (Å²) >= 11 is 0. The fraction of sp³-hybridized carbons (Fsp3) is 0.500. The second kappa shape index (κ2) is 6.26. The minimum Gasteiger partial charge on any atom is -0.354 e. The normalized spacial score (nSPS) is 20.5. The predicted octanol–water partition coefficient (Wildman–Crippen LogP) is 0.343. The Hall–Kier alpha value is -1.88. The Balaban J connectivity index is 1.40. The van der Waals surface area contributed by atoms with Crippen LogP contribution in [-0.4, -0.2) is 30.9 Å². The maximum atomic E-state index is 12.1. The molecule has 0 unspecified atom stereocenters. The van der Waals surface area contributed by atoms with Crippen LogP contribution in [0.4, 0.5) is 0 Å².